The molecule has 1 amide bonds. The van der Waals surface area contributed by atoms with Crippen LogP contribution in [0, 0.1) is 24.0 Å². The van der Waals surface area contributed by atoms with Crippen LogP contribution in [0.15, 0.2) is 36.4 Å². The van der Waals surface area contributed by atoms with Gasteiger partial charge in [-0.15, -0.1) is 0 Å². The first-order chi connectivity index (χ1) is 11.4. The lowest BCUT2D eigenvalue weighted by Crippen LogP contribution is -2.21. The summed E-state index contributed by atoms with van der Waals surface area (Å²) < 4.78 is 10.7. The number of anilines is 1. The van der Waals surface area contributed by atoms with Gasteiger partial charge in [0.25, 0.3) is 11.6 Å². The number of aryl methyl sites for hydroxylation is 2. The minimum Gasteiger partial charge on any atom is -0.495 e. The molecule has 0 aromatic heterocycles. The lowest BCUT2D eigenvalue weighted by molar-refractivity contribution is -0.384. The lowest BCUT2D eigenvalue weighted by atomic mass is 10.1. The second-order valence-corrected chi connectivity index (χ2v) is 5.20. The van der Waals surface area contributed by atoms with Crippen LogP contribution < -0.4 is 14.8 Å². The van der Waals surface area contributed by atoms with Gasteiger partial charge in [-0.1, -0.05) is 18.2 Å². The van der Waals surface area contributed by atoms with Crippen molar-refractivity contribution in [3.8, 4) is 11.5 Å². The van der Waals surface area contributed by atoms with Crippen molar-refractivity contribution in [3.63, 3.8) is 0 Å². The molecule has 2 aromatic rings. The summed E-state index contributed by atoms with van der Waals surface area (Å²) in [4.78, 5) is 22.4. The Balaban J connectivity index is 2.09. The number of amides is 1. The molecule has 2 aromatic carbocycles. The largest absolute Gasteiger partial charge is 0.495 e. The molecule has 0 saturated carbocycles. The number of rotatable bonds is 6. The summed E-state index contributed by atoms with van der Waals surface area (Å²) in [7, 11) is 1.42. The number of nitrogens with one attached hydrogen (secondary N) is 1. The average Bonchev–Trinajstić information content (AvgIpc) is 2.54. The molecular formula is C17H18N2O5. The van der Waals surface area contributed by atoms with Gasteiger partial charge in [-0.05, 0) is 31.0 Å². The normalized spacial score (nSPS) is 10.1. The average molecular weight is 330 g/mol. The minimum atomic E-state index is -0.539. The number of hydrogen-bond donors (Lipinski definition) is 1. The molecular weight excluding hydrogens is 312 g/mol. The Morgan fingerprint density at radius 3 is 2.46 bits per heavy atom. The highest BCUT2D eigenvalue weighted by molar-refractivity contribution is 5.93. The Labute approximate surface area is 139 Å². The van der Waals surface area contributed by atoms with Crippen LogP contribution in [0.2, 0.25) is 0 Å². The molecule has 24 heavy (non-hydrogen) atoms. The number of nitrogens with zero attached hydrogens (tertiary/aromatic N) is 1. The smallest absolute Gasteiger partial charge is 0.271 e. The van der Waals surface area contributed by atoms with Crippen molar-refractivity contribution in [1.82, 2.24) is 0 Å². The third-order valence-electron chi connectivity index (χ3n) is 3.42. The summed E-state index contributed by atoms with van der Waals surface area (Å²) in [5.41, 5.74) is 1.94. The van der Waals surface area contributed by atoms with Crippen LogP contribution >= 0.6 is 0 Å². The number of methoxy groups -OCH3 is 1. The molecule has 0 heterocycles. The van der Waals surface area contributed by atoms with Crippen LogP contribution in [-0.2, 0) is 4.79 Å². The quantitative estimate of drug-likeness (QED) is 0.648. The Kier molecular flexibility index (Phi) is 5.36. The Hall–Kier alpha value is -3.09. The minimum absolute atomic E-state index is 0.137. The fourth-order valence-corrected chi connectivity index (χ4v) is 2.26. The number of non-ortho nitro benzene ring substituents is 1. The van der Waals surface area contributed by atoms with Crippen molar-refractivity contribution in [3.05, 3.63) is 57.6 Å². The van der Waals surface area contributed by atoms with Gasteiger partial charge >= 0.3 is 0 Å². The first-order valence-electron chi connectivity index (χ1n) is 7.23. The van der Waals surface area contributed by atoms with Gasteiger partial charge in [0.1, 0.15) is 11.5 Å². The third-order valence-corrected chi connectivity index (χ3v) is 3.42. The van der Waals surface area contributed by atoms with Crippen molar-refractivity contribution in [2.24, 2.45) is 0 Å². The number of carbonyl (C=O) groups excluding carboxylic acids is 1. The van der Waals surface area contributed by atoms with Crippen LogP contribution in [0.1, 0.15) is 11.1 Å². The molecule has 2 rings (SSSR count). The molecule has 1 N–H and O–H groups in total. The predicted molar refractivity (Wildman–Crippen MR) is 89.7 cm³/mol. The SMILES string of the molecule is COc1ccc([N+](=O)[O-])cc1NC(=O)COc1c(C)cccc1C. The molecule has 0 radical (unpaired) electrons. The lowest BCUT2D eigenvalue weighted by Gasteiger charge is -2.13. The van der Waals surface area contributed by atoms with E-state index >= 15 is 0 Å². The molecule has 0 saturated heterocycles. The van der Waals surface area contributed by atoms with Gasteiger partial charge in [0.15, 0.2) is 6.61 Å². The van der Waals surface area contributed by atoms with E-state index in [2.05, 4.69) is 5.32 Å². The van der Waals surface area contributed by atoms with E-state index in [1.54, 1.807) is 0 Å². The van der Waals surface area contributed by atoms with Crippen molar-refractivity contribution in [1.29, 1.82) is 0 Å². The maximum atomic E-state index is 12.1. The molecule has 0 fully saturated rings. The molecule has 0 bridgehead atoms. The highest BCUT2D eigenvalue weighted by Gasteiger charge is 2.14. The van der Waals surface area contributed by atoms with E-state index in [1.165, 1.54) is 25.3 Å². The van der Waals surface area contributed by atoms with Gasteiger partial charge in [0.05, 0.1) is 17.7 Å². The predicted octanol–water partition coefficient (Wildman–Crippen LogP) is 3.24. The summed E-state index contributed by atoms with van der Waals surface area (Å²) in [5, 5.41) is 13.4. The molecule has 7 nitrogen and oxygen atoms in total. The van der Waals surface area contributed by atoms with Crippen LogP contribution in [0.25, 0.3) is 0 Å². The van der Waals surface area contributed by atoms with Gasteiger partial charge < -0.3 is 14.8 Å². The Morgan fingerprint density at radius 2 is 1.88 bits per heavy atom. The first-order valence-corrected chi connectivity index (χ1v) is 7.23. The standard InChI is InChI=1S/C17H18N2O5/c1-11-5-4-6-12(2)17(11)24-10-16(20)18-14-9-13(19(21)22)7-8-15(14)23-3/h4-9H,10H2,1-3H3,(H,18,20). The second-order valence-electron chi connectivity index (χ2n) is 5.20. The van der Waals surface area contributed by atoms with Crippen LogP contribution in [0.3, 0.4) is 0 Å². The zero-order chi connectivity index (χ0) is 17.7. The number of hydrogen-bond acceptors (Lipinski definition) is 5. The maximum Gasteiger partial charge on any atom is 0.271 e. The zero-order valence-electron chi connectivity index (χ0n) is 13.7. The maximum absolute atomic E-state index is 12.1. The summed E-state index contributed by atoms with van der Waals surface area (Å²) in [5.74, 6) is 0.552. The number of benzene rings is 2. The van der Waals surface area contributed by atoms with E-state index in [0.29, 0.717) is 11.5 Å². The highest BCUT2D eigenvalue weighted by atomic mass is 16.6. The van der Waals surface area contributed by atoms with Crippen LogP contribution in [0.5, 0.6) is 11.5 Å². The summed E-state index contributed by atoms with van der Waals surface area (Å²) >= 11 is 0. The molecule has 7 heteroatoms. The number of para-hydroxylation sites is 1. The molecule has 0 unspecified atom stereocenters. The molecule has 0 spiro atoms. The Bertz CT molecular complexity index is 753. The van der Waals surface area contributed by atoms with Gasteiger partial charge in [-0.25, -0.2) is 0 Å². The molecule has 0 aliphatic carbocycles. The third kappa shape index (κ3) is 4.01. The fraction of sp³-hybridized carbons (Fsp3) is 0.235. The monoisotopic (exact) mass is 330 g/mol. The van der Waals surface area contributed by atoms with E-state index in [0.717, 1.165) is 11.1 Å². The van der Waals surface area contributed by atoms with E-state index in [4.69, 9.17) is 9.47 Å². The number of ether oxygens (including phenoxy) is 2. The Morgan fingerprint density at radius 1 is 1.21 bits per heavy atom. The van der Waals surface area contributed by atoms with Crippen molar-refractivity contribution >= 4 is 17.3 Å². The molecule has 0 atom stereocenters. The van der Waals surface area contributed by atoms with E-state index in [9.17, 15) is 14.9 Å². The van der Waals surface area contributed by atoms with E-state index in [1.807, 2.05) is 32.0 Å². The zero-order valence-corrected chi connectivity index (χ0v) is 13.7. The van der Waals surface area contributed by atoms with E-state index < -0.39 is 10.8 Å². The van der Waals surface area contributed by atoms with Gasteiger partial charge in [0.2, 0.25) is 0 Å². The van der Waals surface area contributed by atoms with Crippen molar-refractivity contribution < 1.29 is 19.2 Å². The number of nitro groups is 1. The number of carbonyl (C=O) groups is 1. The fourth-order valence-electron chi connectivity index (χ4n) is 2.26. The van der Waals surface area contributed by atoms with Crippen LogP contribution in [0.4, 0.5) is 11.4 Å². The molecule has 0 aliphatic rings. The van der Waals surface area contributed by atoms with Gasteiger partial charge in [0, 0.05) is 12.1 Å². The summed E-state index contributed by atoms with van der Waals surface area (Å²) in [6.07, 6.45) is 0. The van der Waals surface area contributed by atoms with E-state index in [-0.39, 0.29) is 18.0 Å². The second kappa shape index (κ2) is 7.45. The summed E-state index contributed by atoms with van der Waals surface area (Å²) in [6, 6.07) is 9.68. The van der Waals surface area contributed by atoms with Crippen LogP contribution in [-0.4, -0.2) is 24.5 Å². The topological polar surface area (TPSA) is 90.7 Å². The van der Waals surface area contributed by atoms with Crippen molar-refractivity contribution in [2.75, 3.05) is 19.0 Å². The van der Waals surface area contributed by atoms with Gasteiger partial charge in [-0.2, -0.15) is 0 Å². The highest BCUT2D eigenvalue weighted by Crippen LogP contribution is 2.29. The number of nitro benzene ring substituents is 1. The molecule has 126 valence electrons. The summed E-state index contributed by atoms with van der Waals surface area (Å²) in [6.45, 7) is 3.57. The van der Waals surface area contributed by atoms with Crippen molar-refractivity contribution in [2.45, 2.75) is 13.8 Å². The van der Waals surface area contributed by atoms with Gasteiger partial charge in [-0.3, -0.25) is 14.9 Å². The first kappa shape index (κ1) is 17.3. The molecule has 0 aliphatic heterocycles.